The van der Waals surface area contributed by atoms with Gasteiger partial charge in [-0.1, -0.05) is 6.07 Å². The first kappa shape index (κ1) is 16.5. The number of anilines is 1. The Hall–Kier alpha value is -2.34. The van der Waals surface area contributed by atoms with E-state index in [0.717, 1.165) is 22.4 Å². The first-order valence-electron chi connectivity index (χ1n) is 7.61. The number of carbonyl (C=O) groups excluding carboxylic acids is 2. The van der Waals surface area contributed by atoms with E-state index in [4.69, 9.17) is 0 Å². The maximum Gasteiger partial charge on any atom is 0.313 e. The van der Waals surface area contributed by atoms with Gasteiger partial charge < -0.3 is 10.6 Å². The van der Waals surface area contributed by atoms with Crippen LogP contribution >= 0.6 is 11.8 Å². The molecule has 1 atom stereocenters. The van der Waals surface area contributed by atoms with E-state index in [1.54, 1.807) is 30.0 Å². The molecule has 0 saturated heterocycles. The first-order chi connectivity index (χ1) is 11.6. The lowest BCUT2D eigenvalue weighted by atomic mass is 10.1. The molecule has 1 unspecified atom stereocenters. The summed E-state index contributed by atoms with van der Waals surface area (Å²) in [5, 5.41) is 5.25. The summed E-state index contributed by atoms with van der Waals surface area (Å²) in [6, 6.07) is 11.5. The number of thioether (sulfide) groups is 1. The summed E-state index contributed by atoms with van der Waals surface area (Å²) >= 11 is 1.60. The summed E-state index contributed by atoms with van der Waals surface area (Å²) in [5.41, 5.74) is 2.32. The molecule has 0 heterocycles. The van der Waals surface area contributed by atoms with Gasteiger partial charge in [0.15, 0.2) is 0 Å². The molecular formula is C18H17FN2O2S. The Morgan fingerprint density at radius 3 is 2.58 bits per heavy atom. The van der Waals surface area contributed by atoms with Crippen LogP contribution in [0.25, 0.3) is 0 Å². The zero-order chi connectivity index (χ0) is 17.1. The minimum absolute atomic E-state index is 0.326. The Morgan fingerprint density at radius 2 is 1.88 bits per heavy atom. The molecule has 1 aliphatic rings. The molecule has 4 nitrogen and oxygen atoms in total. The van der Waals surface area contributed by atoms with Crippen LogP contribution in [0.3, 0.4) is 0 Å². The number of rotatable bonds is 3. The van der Waals surface area contributed by atoms with Crippen molar-refractivity contribution in [1.29, 1.82) is 0 Å². The van der Waals surface area contributed by atoms with Crippen molar-refractivity contribution >= 4 is 29.3 Å². The van der Waals surface area contributed by atoms with Crippen LogP contribution in [0.15, 0.2) is 47.4 Å². The van der Waals surface area contributed by atoms with Crippen LogP contribution < -0.4 is 10.6 Å². The van der Waals surface area contributed by atoms with Crippen LogP contribution in [0.2, 0.25) is 0 Å². The second-order valence-corrected chi connectivity index (χ2v) is 6.47. The topological polar surface area (TPSA) is 58.2 Å². The summed E-state index contributed by atoms with van der Waals surface area (Å²) in [6.45, 7) is 0. The Morgan fingerprint density at radius 1 is 1.12 bits per heavy atom. The third-order valence-corrected chi connectivity index (χ3v) is 4.79. The van der Waals surface area contributed by atoms with Crippen LogP contribution in [-0.2, 0) is 16.0 Å². The largest absolute Gasteiger partial charge is 0.341 e. The molecule has 24 heavy (non-hydrogen) atoms. The molecule has 0 aliphatic heterocycles. The van der Waals surface area contributed by atoms with E-state index in [0.29, 0.717) is 12.1 Å². The van der Waals surface area contributed by atoms with Crippen LogP contribution in [0.1, 0.15) is 23.6 Å². The molecule has 1 aliphatic carbocycles. The van der Waals surface area contributed by atoms with E-state index in [-0.39, 0.29) is 11.9 Å². The van der Waals surface area contributed by atoms with E-state index < -0.39 is 11.8 Å². The van der Waals surface area contributed by atoms with Crippen molar-refractivity contribution < 1.29 is 14.0 Å². The molecule has 0 saturated carbocycles. The van der Waals surface area contributed by atoms with Crippen LogP contribution in [0.5, 0.6) is 0 Å². The van der Waals surface area contributed by atoms with Crippen molar-refractivity contribution in [3.8, 4) is 0 Å². The highest BCUT2D eigenvalue weighted by Gasteiger charge is 2.26. The standard InChI is InChI=1S/C18H17FN2O2S/c1-24-14-7-5-13(6-8-14)20-17(22)18(23)21-16-9-3-11-2-4-12(19)10-15(11)16/h2,4-8,10,16H,3,9H2,1H3,(H,20,22)(H,21,23). The number of aryl methyl sites for hydroxylation is 1. The summed E-state index contributed by atoms with van der Waals surface area (Å²) in [5.74, 6) is -1.78. The summed E-state index contributed by atoms with van der Waals surface area (Å²) in [4.78, 5) is 25.2. The zero-order valence-electron chi connectivity index (χ0n) is 13.1. The van der Waals surface area contributed by atoms with Gasteiger partial charge in [0.2, 0.25) is 0 Å². The Kier molecular flexibility index (Phi) is 4.85. The molecule has 2 amide bonds. The predicted molar refractivity (Wildman–Crippen MR) is 92.5 cm³/mol. The highest BCUT2D eigenvalue weighted by molar-refractivity contribution is 7.98. The molecule has 6 heteroatoms. The van der Waals surface area contributed by atoms with Crippen LogP contribution in [0.4, 0.5) is 10.1 Å². The van der Waals surface area contributed by atoms with Gasteiger partial charge >= 0.3 is 11.8 Å². The smallest absolute Gasteiger partial charge is 0.313 e. The second-order valence-electron chi connectivity index (χ2n) is 5.59. The van der Waals surface area contributed by atoms with Crippen molar-refractivity contribution in [2.24, 2.45) is 0 Å². The number of halogens is 1. The lowest BCUT2D eigenvalue weighted by molar-refractivity contribution is -0.136. The summed E-state index contributed by atoms with van der Waals surface area (Å²) in [6.07, 6.45) is 3.39. The third-order valence-electron chi connectivity index (χ3n) is 4.05. The fourth-order valence-electron chi connectivity index (χ4n) is 2.81. The maximum absolute atomic E-state index is 13.4. The molecular weight excluding hydrogens is 327 g/mol. The molecule has 0 radical (unpaired) electrons. The van der Waals surface area contributed by atoms with E-state index in [2.05, 4.69) is 10.6 Å². The van der Waals surface area contributed by atoms with Crippen molar-refractivity contribution in [3.05, 3.63) is 59.4 Å². The van der Waals surface area contributed by atoms with E-state index in [1.165, 1.54) is 12.1 Å². The van der Waals surface area contributed by atoms with Gasteiger partial charge in [0.1, 0.15) is 5.82 Å². The van der Waals surface area contributed by atoms with Crippen molar-refractivity contribution in [3.63, 3.8) is 0 Å². The number of amides is 2. The normalized spacial score (nSPS) is 15.7. The van der Waals surface area contributed by atoms with Gasteiger partial charge in [-0.25, -0.2) is 4.39 Å². The second kappa shape index (κ2) is 7.05. The quantitative estimate of drug-likeness (QED) is 0.663. The molecule has 0 bridgehead atoms. The van der Waals surface area contributed by atoms with Gasteiger partial charge in [0, 0.05) is 10.6 Å². The van der Waals surface area contributed by atoms with E-state index in [9.17, 15) is 14.0 Å². The van der Waals surface area contributed by atoms with Crippen LogP contribution in [0, 0.1) is 5.82 Å². The van der Waals surface area contributed by atoms with Gasteiger partial charge in [-0.15, -0.1) is 11.8 Å². The minimum atomic E-state index is -0.725. The van der Waals surface area contributed by atoms with Crippen molar-refractivity contribution in [2.45, 2.75) is 23.8 Å². The summed E-state index contributed by atoms with van der Waals surface area (Å²) in [7, 11) is 0. The van der Waals surface area contributed by atoms with E-state index in [1.807, 2.05) is 18.4 Å². The maximum atomic E-state index is 13.4. The predicted octanol–water partition coefficient (Wildman–Crippen LogP) is 3.29. The highest BCUT2D eigenvalue weighted by atomic mass is 32.2. The molecule has 3 rings (SSSR count). The third kappa shape index (κ3) is 3.59. The number of hydrogen-bond acceptors (Lipinski definition) is 3. The summed E-state index contributed by atoms with van der Waals surface area (Å²) < 4.78 is 13.4. The van der Waals surface area contributed by atoms with Gasteiger partial charge in [-0.2, -0.15) is 0 Å². The Balaban J connectivity index is 1.63. The van der Waals surface area contributed by atoms with Crippen LogP contribution in [-0.4, -0.2) is 18.1 Å². The zero-order valence-corrected chi connectivity index (χ0v) is 14.0. The van der Waals surface area contributed by atoms with Gasteiger partial charge in [0.05, 0.1) is 6.04 Å². The lowest BCUT2D eigenvalue weighted by Gasteiger charge is -2.14. The van der Waals surface area contributed by atoms with Gasteiger partial charge in [0.25, 0.3) is 0 Å². The number of hydrogen-bond donors (Lipinski definition) is 2. The first-order valence-corrected chi connectivity index (χ1v) is 8.83. The average molecular weight is 344 g/mol. The number of benzene rings is 2. The molecule has 124 valence electrons. The number of nitrogens with one attached hydrogen (secondary N) is 2. The number of fused-ring (bicyclic) bond motifs is 1. The number of carbonyl (C=O) groups is 2. The van der Waals surface area contributed by atoms with E-state index >= 15 is 0 Å². The van der Waals surface area contributed by atoms with Crippen molar-refractivity contribution in [2.75, 3.05) is 11.6 Å². The minimum Gasteiger partial charge on any atom is -0.341 e. The SMILES string of the molecule is CSc1ccc(NC(=O)C(=O)NC2CCc3ccc(F)cc32)cc1. The average Bonchev–Trinajstić information content (AvgIpc) is 2.97. The monoisotopic (exact) mass is 344 g/mol. The molecule has 2 aromatic carbocycles. The van der Waals surface area contributed by atoms with Gasteiger partial charge in [-0.05, 0) is 66.6 Å². The lowest BCUT2D eigenvalue weighted by Crippen LogP contribution is -2.37. The fraction of sp³-hybridized carbons (Fsp3) is 0.222. The molecule has 2 aromatic rings. The fourth-order valence-corrected chi connectivity index (χ4v) is 3.22. The molecule has 0 spiro atoms. The molecule has 2 N–H and O–H groups in total. The van der Waals surface area contributed by atoms with Gasteiger partial charge in [-0.3, -0.25) is 9.59 Å². The van der Waals surface area contributed by atoms with Crippen molar-refractivity contribution in [1.82, 2.24) is 5.32 Å². The Labute approximate surface area is 143 Å². The highest BCUT2D eigenvalue weighted by Crippen LogP contribution is 2.31. The Bertz CT molecular complexity index is 777. The molecule has 0 fully saturated rings. The molecule has 0 aromatic heterocycles.